The molecule has 0 aliphatic heterocycles. The lowest BCUT2D eigenvalue weighted by Crippen LogP contribution is -2.10. The van der Waals surface area contributed by atoms with Gasteiger partial charge in [0.05, 0.1) is 33.1 Å². The Hall–Kier alpha value is -18.4. The van der Waals surface area contributed by atoms with Crippen LogP contribution in [0.25, 0.3) is 180 Å². The van der Waals surface area contributed by atoms with Crippen LogP contribution in [-0.4, -0.2) is 13.7 Å². The van der Waals surface area contributed by atoms with Crippen molar-refractivity contribution in [3.63, 3.8) is 0 Å². The van der Waals surface area contributed by atoms with E-state index in [1.165, 1.54) is 163 Å². The third-order valence-corrected chi connectivity index (χ3v) is 27.4. The van der Waals surface area contributed by atoms with E-state index in [0.29, 0.717) is 0 Å². The summed E-state index contributed by atoms with van der Waals surface area (Å²) in [6.07, 6.45) is 0. The molecule has 0 unspecified atom stereocenters. The van der Waals surface area contributed by atoms with Crippen molar-refractivity contribution in [2.24, 2.45) is 0 Å². The summed E-state index contributed by atoms with van der Waals surface area (Å²) in [6.45, 7) is 0. The van der Waals surface area contributed by atoms with Crippen LogP contribution < -0.4 is 14.7 Å². The zero-order chi connectivity index (χ0) is 91.4. The fourth-order valence-electron chi connectivity index (χ4n) is 20.8. The predicted molar refractivity (Wildman–Crippen MR) is 588 cm³/mol. The van der Waals surface area contributed by atoms with Gasteiger partial charge in [-0.15, -0.1) is 0 Å². The number of anilines is 9. The second-order valence-electron chi connectivity index (χ2n) is 35.6. The molecule has 0 fully saturated rings. The minimum atomic E-state index is 1.11. The standard InChI is InChI=1S/3C44H30N2/c1-2-15-35(16-3-1)45(36-23-21-32(22-24-36)40-19-10-14-31-11-6-7-17-39(31)40)37-25-27-38(28-26-37)46-43-20-9-8-18-41(43)42-29-33-12-4-5-13-34(33)30-44(42)46;1-2-16-37(17-3-1)45(40-18-10-15-33(28-40)36-22-21-31-11-4-5-12-32(31)27-36)38-23-25-39(26-24-38)46-43-20-9-8-19-41(43)42-29-34-13-6-7-14-35(34)30-44(42)46;1-2-14-37(15-3-1)45(38-22-20-32(21-23-38)36-19-18-31-10-4-5-11-33(31)28-36)39-24-26-40(27-25-39)46-43-17-9-8-16-41(43)42-29-34-12-6-7-13-35(34)30-44(42)46/h3*1-30H. The molecule has 3 heterocycles. The quantitative estimate of drug-likeness (QED) is 0.102. The SMILES string of the molecule is c1ccc(N(c2ccc(-c3ccc4ccccc4c3)cc2)c2ccc(-n3c4ccccc4c4cc5ccccc5cc43)cc2)cc1.c1ccc(N(c2ccc(-c3cccc4ccccc34)cc2)c2ccc(-n3c4ccccc4c4cc5ccccc5cc43)cc2)cc1.c1ccc(N(c2ccc(-n3c4ccccc4c4cc5ccccc5cc43)cc2)c2cccc(-c3ccc4ccccc4c3)c2)cc1. The first kappa shape index (κ1) is 81.6. The summed E-state index contributed by atoms with van der Waals surface area (Å²) in [5.41, 5.74) is 28.1. The van der Waals surface area contributed by atoms with Gasteiger partial charge in [-0.25, -0.2) is 0 Å². The zero-order valence-electron chi connectivity index (χ0n) is 75.6. The van der Waals surface area contributed by atoms with Crippen LogP contribution in [0.2, 0.25) is 0 Å². The van der Waals surface area contributed by atoms with E-state index in [-0.39, 0.29) is 0 Å². The number of hydrogen-bond acceptors (Lipinski definition) is 3. The first-order valence-electron chi connectivity index (χ1n) is 47.3. The van der Waals surface area contributed by atoms with Crippen LogP contribution in [0.3, 0.4) is 0 Å². The van der Waals surface area contributed by atoms with Gasteiger partial charge in [0.15, 0.2) is 0 Å². The monoisotopic (exact) mass is 1760 g/mol. The molecule has 0 saturated heterocycles. The summed E-state index contributed by atoms with van der Waals surface area (Å²) in [7, 11) is 0. The molecule has 0 bridgehead atoms. The maximum Gasteiger partial charge on any atom is 0.0547 e. The lowest BCUT2D eigenvalue weighted by molar-refractivity contribution is 1.17. The van der Waals surface area contributed by atoms with Crippen molar-refractivity contribution < 1.29 is 0 Å². The molecule has 0 saturated carbocycles. The van der Waals surface area contributed by atoms with Gasteiger partial charge < -0.3 is 28.4 Å². The third kappa shape index (κ3) is 15.2. The summed E-state index contributed by atoms with van der Waals surface area (Å²) in [5.74, 6) is 0. The number of aromatic nitrogens is 3. The van der Waals surface area contributed by atoms with Crippen LogP contribution >= 0.6 is 0 Å². The van der Waals surface area contributed by atoms with E-state index in [0.717, 1.165) is 68.2 Å². The molecule has 6 heteroatoms. The van der Waals surface area contributed by atoms with Crippen molar-refractivity contribution in [2.75, 3.05) is 14.7 Å². The van der Waals surface area contributed by atoms with Crippen LogP contribution in [0.15, 0.2) is 546 Å². The average Bonchev–Trinajstić information content (AvgIpc) is 1.59. The molecule has 27 aromatic rings. The van der Waals surface area contributed by atoms with E-state index in [1.807, 2.05) is 0 Å². The topological polar surface area (TPSA) is 24.5 Å². The average molecular weight is 1760 g/mol. The summed E-state index contributed by atoms with van der Waals surface area (Å²) in [5, 5.41) is 22.7. The molecule has 0 spiro atoms. The van der Waals surface area contributed by atoms with E-state index in [9.17, 15) is 0 Å². The highest BCUT2D eigenvalue weighted by Gasteiger charge is 2.23. The van der Waals surface area contributed by atoms with Gasteiger partial charge in [0.2, 0.25) is 0 Å². The number of para-hydroxylation sites is 6. The second kappa shape index (κ2) is 35.3. The molecule has 138 heavy (non-hydrogen) atoms. The van der Waals surface area contributed by atoms with Gasteiger partial charge in [-0.05, 0) is 310 Å². The zero-order valence-corrected chi connectivity index (χ0v) is 75.6. The van der Waals surface area contributed by atoms with Crippen molar-refractivity contribution >= 4 is 181 Å². The van der Waals surface area contributed by atoms with Gasteiger partial charge in [0.25, 0.3) is 0 Å². The van der Waals surface area contributed by atoms with Crippen molar-refractivity contribution in [3.8, 4) is 50.4 Å². The number of nitrogens with zero attached hydrogens (tertiary/aromatic N) is 6. The first-order valence-corrected chi connectivity index (χ1v) is 47.3. The van der Waals surface area contributed by atoms with Gasteiger partial charge in [0, 0.05) is 101 Å². The van der Waals surface area contributed by atoms with Crippen molar-refractivity contribution in [1.82, 2.24) is 13.7 Å². The minimum Gasteiger partial charge on any atom is -0.311 e. The number of fused-ring (bicyclic) bond motifs is 15. The lowest BCUT2D eigenvalue weighted by atomic mass is 9.98. The molecular formula is C132H90N6. The van der Waals surface area contributed by atoms with Gasteiger partial charge in [-0.1, -0.05) is 334 Å². The Morgan fingerprint density at radius 2 is 0.362 bits per heavy atom. The van der Waals surface area contributed by atoms with Crippen LogP contribution in [0.4, 0.5) is 51.2 Å². The number of rotatable bonds is 15. The molecule has 27 rings (SSSR count). The highest BCUT2D eigenvalue weighted by atomic mass is 15.2. The Labute approximate surface area is 800 Å². The molecule has 0 radical (unpaired) electrons. The van der Waals surface area contributed by atoms with Crippen molar-refractivity contribution in [1.29, 1.82) is 0 Å². The maximum absolute atomic E-state index is 2.40. The molecule has 24 aromatic carbocycles. The van der Waals surface area contributed by atoms with E-state index in [4.69, 9.17) is 0 Å². The van der Waals surface area contributed by atoms with Crippen LogP contribution in [0.1, 0.15) is 0 Å². The van der Waals surface area contributed by atoms with Gasteiger partial charge in [-0.3, -0.25) is 0 Å². The van der Waals surface area contributed by atoms with E-state index >= 15 is 0 Å². The highest BCUT2D eigenvalue weighted by Crippen LogP contribution is 2.46. The van der Waals surface area contributed by atoms with Crippen molar-refractivity contribution in [3.05, 3.63) is 546 Å². The summed E-state index contributed by atoms with van der Waals surface area (Å²) < 4.78 is 7.19. The molecule has 0 aliphatic carbocycles. The normalized spacial score (nSPS) is 11.5. The van der Waals surface area contributed by atoms with Gasteiger partial charge in [0.1, 0.15) is 0 Å². The van der Waals surface area contributed by atoms with Crippen LogP contribution in [0, 0.1) is 0 Å². The van der Waals surface area contributed by atoms with Crippen molar-refractivity contribution in [2.45, 2.75) is 0 Å². The molecule has 6 nitrogen and oxygen atoms in total. The lowest BCUT2D eigenvalue weighted by Gasteiger charge is -2.26. The molecule has 3 aromatic heterocycles. The van der Waals surface area contributed by atoms with Gasteiger partial charge in [-0.2, -0.15) is 0 Å². The van der Waals surface area contributed by atoms with Crippen LogP contribution in [-0.2, 0) is 0 Å². The summed E-state index contributed by atoms with van der Waals surface area (Å²) in [6, 6.07) is 197. The fraction of sp³-hybridized carbons (Fsp3) is 0. The molecule has 0 N–H and O–H groups in total. The summed E-state index contributed by atoms with van der Waals surface area (Å²) >= 11 is 0. The maximum atomic E-state index is 2.40. The molecule has 0 amide bonds. The molecule has 648 valence electrons. The molecule has 0 aliphatic rings. The Kier molecular flexibility index (Phi) is 20.9. The Balaban J connectivity index is 0.000000110. The first-order chi connectivity index (χ1) is 68.4. The van der Waals surface area contributed by atoms with E-state index < -0.39 is 0 Å². The Bertz CT molecular complexity index is 9230. The molecular weight excluding hydrogens is 1670 g/mol. The highest BCUT2D eigenvalue weighted by molar-refractivity contribution is 6.17. The van der Waals surface area contributed by atoms with Gasteiger partial charge >= 0.3 is 0 Å². The smallest absolute Gasteiger partial charge is 0.0547 e. The number of benzene rings is 24. The fourth-order valence-corrected chi connectivity index (χ4v) is 20.8. The van der Waals surface area contributed by atoms with E-state index in [1.54, 1.807) is 0 Å². The summed E-state index contributed by atoms with van der Waals surface area (Å²) in [4.78, 5) is 7.00. The largest absolute Gasteiger partial charge is 0.311 e. The molecule has 0 atom stereocenters. The number of hydrogen-bond donors (Lipinski definition) is 0. The third-order valence-electron chi connectivity index (χ3n) is 27.4. The second-order valence-corrected chi connectivity index (χ2v) is 35.6. The minimum absolute atomic E-state index is 1.11. The van der Waals surface area contributed by atoms with E-state index in [2.05, 4.69) is 574 Å². The Morgan fingerprint density at radius 1 is 0.116 bits per heavy atom. The Morgan fingerprint density at radius 3 is 0.739 bits per heavy atom. The van der Waals surface area contributed by atoms with Crippen LogP contribution in [0.5, 0.6) is 0 Å². The predicted octanol–water partition coefficient (Wildman–Crippen LogP) is 36.7.